The molecule has 0 spiro atoms. The molecule has 21 heavy (non-hydrogen) atoms. The van der Waals surface area contributed by atoms with E-state index >= 15 is 0 Å². The highest BCUT2D eigenvalue weighted by atomic mass is 16.5. The molecule has 2 aliphatic carbocycles. The molecule has 3 nitrogen and oxygen atoms in total. The third kappa shape index (κ3) is 2.13. The van der Waals surface area contributed by atoms with E-state index in [4.69, 9.17) is 9.47 Å². The van der Waals surface area contributed by atoms with Gasteiger partial charge < -0.3 is 14.6 Å². The Hall–Kier alpha value is -1.22. The van der Waals surface area contributed by atoms with Crippen LogP contribution in [0, 0.1) is 11.3 Å². The molecule has 1 fully saturated rings. The van der Waals surface area contributed by atoms with E-state index in [1.54, 1.807) is 13.2 Å². The minimum absolute atomic E-state index is 0.0822. The number of rotatable bonds is 2. The van der Waals surface area contributed by atoms with Gasteiger partial charge in [0, 0.05) is 18.2 Å². The van der Waals surface area contributed by atoms with E-state index < -0.39 is 0 Å². The number of phenolic OH excluding ortho intramolecular Hbond substituents is 1. The van der Waals surface area contributed by atoms with E-state index in [0.717, 1.165) is 30.6 Å². The van der Waals surface area contributed by atoms with Gasteiger partial charge in [-0.15, -0.1) is 0 Å². The predicted molar refractivity (Wildman–Crippen MR) is 82.9 cm³/mol. The van der Waals surface area contributed by atoms with Crippen molar-refractivity contribution in [1.82, 2.24) is 0 Å². The molecule has 0 unspecified atom stereocenters. The lowest BCUT2D eigenvalue weighted by atomic mass is 9.54. The molecule has 3 atom stereocenters. The molecule has 0 saturated heterocycles. The van der Waals surface area contributed by atoms with Crippen molar-refractivity contribution in [1.29, 1.82) is 0 Å². The second-order valence-electron chi connectivity index (χ2n) is 7.20. The summed E-state index contributed by atoms with van der Waals surface area (Å²) in [5, 5.41) is 10.3. The van der Waals surface area contributed by atoms with Crippen molar-refractivity contribution in [2.45, 2.75) is 51.6 Å². The summed E-state index contributed by atoms with van der Waals surface area (Å²) in [4.78, 5) is 0. The Morgan fingerprint density at radius 2 is 1.90 bits per heavy atom. The van der Waals surface area contributed by atoms with Gasteiger partial charge in [-0.1, -0.05) is 13.3 Å². The van der Waals surface area contributed by atoms with Gasteiger partial charge >= 0.3 is 0 Å². The van der Waals surface area contributed by atoms with Crippen molar-refractivity contribution >= 4 is 0 Å². The van der Waals surface area contributed by atoms with Crippen LogP contribution in [-0.4, -0.2) is 24.9 Å². The average Bonchev–Trinajstić information content (AvgIpc) is 2.47. The number of hydrogen-bond acceptors (Lipinski definition) is 3. The first-order chi connectivity index (χ1) is 9.93. The normalized spacial score (nSPS) is 35.0. The van der Waals surface area contributed by atoms with Crippen LogP contribution in [0.15, 0.2) is 12.1 Å². The maximum absolute atomic E-state index is 10.3. The van der Waals surface area contributed by atoms with Gasteiger partial charge in [0.05, 0.1) is 12.7 Å². The second kappa shape index (κ2) is 4.91. The maximum atomic E-state index is 10.3. The van der Waals surface area contributed by atoms with Gasteiger partial charge in [0.25, 0.3) is 0 Å². The number of hydrogen-bond donors (Lipinski definition) is 1. The maximum Gasteiger partial charge on any atom is 0.122 e. The Morgan fingerprint density at radius 3 is 2.57 bits per heavy atom. The molecule has 1 aromatic rings. The fourth-order valence-corrected chi connectivity index (χ4v) is 4.73. The Labute approximate surface area is 127 Å². The predicted octanol–water partition coefficient (Wildman–Crippen LogP) is 3.71. The molecule has 0 amide bonds. The van der Waals surface area contributed by atoms with Crippen LogP contribution >= 0.6 is 0 Å². The summed E-state index contributed by atoms with van der Waals surface area (Å²) in [5.41, 5.74) is 2.36. The van der Waals surface area contributed by atoms with Gasteiger partial charge in [-0.3, -0.25) is 0 Å². The molecule has 116 valence electrons. The van der Waals surface area contributed by atoms with Crippen LogP contribution in [-0.2, 0) is 17.6 Å². The van der Waals surface area contributed by atoms with Crippen LogP contribution in [0.2, 0.25) is 0 Å². The highest BCUT2D eigenvalue weighted by Gasteiger charge is 2.52. The minimum Gasteiger partial charge on any atom is -0.508 e. The van der Waals surface area contributed by atoms with Gasteiger partial charge in [-0.2, -0.15) is 0 Å². The zero-order chi connectivity index (χ0) is 15.3. The fraction of sp³-hybridized carbons (Fsp3) is 0.667. The van der Waals surface area contributed by atoms with E-state index in [0.29, 0.717) is 11.7 Å². The monoisotopic (exact) mass is 290 g/mol. The van der Waals surface area contributed by atoms with Crippen LogP contribution in [0.3, 0.4) is 0 Å². The standard InChI is InChI=1S/C18H26O3/c1-17-8-5-9-18(2,21-4)16(17)10-12-13(11-17)14(19)6-7-15(12)20-3/h6-7,16,19H,5,8-11H2,1-4H3/t16-,17+,18-/m0/s1. The first-order valence-electron chi connectivity index (χ1n) is 7.86. The van der Waals surface area contributed by atoms with Gasteiger partial charge in [0.1, 0.15) is 11.5 Å². The van der Waals surface area contributed by atoms with E-state index in [-0.39, 0.29) is 11.0 Å². The quantitative estimate of drug-likeness (QED) is 0.902. The molecular formula is C18H26O3. The smallest absolute Gasteiger partial charge is 0.122 e. The molecule has 3 rings (SSSR count). The molecule has 0 bridgehead atoms. The molecular weight excluding hydrogens is 264 g/mol. The van der Waals surface area contributed by atoms with E-state index in [1.165, 1.54) is 18.4 Å². The summed E-state index contributed by atoms with van der Waals surface area (Å²) in [6.07, 6.45) is 5.34. The van der Waals surface area contributed by atoms with Crippen molar-refractivity contribution in [3.8, 4) is 11.5 Å². The molecule has 1 aromatic carbocycles. The lowest BCUT2D eigenvalue weighted by Crippen LogP contribution is -2.53. The Kier molecular flexibility index (Phi) is 3.44. The number of fused-ring (bicyclic) bond motifs is 2. The number of phenols is 1. The molecule has 0 radical (unpaired) electrons. The minimum atomic E-state index is -0.0822. The first-order valence-corrected chi connectivity index (χ1v) is 7.86. The Balaban J connectivity index is 2.10. The molecule has 1 N–H and O–H groups in total. The van der Waals surface area contributed by atoms with Crippen LogP contribution in [0.4, 0.5) is 0 Å². The number of aromatic hydroxyl groups is 1. The molecule has 0 aromatic heterocycles. The van der Waals surface area contributed by atoms with E-state index in [9.17, 15) is 5.11 Å². The molecule has 3 heteroatoms. The van der Waals surface area contributed by atoms with Crippen molar-refractivity contribution in [3.63, 3.8) is 0 Å². The zero-order valence-electron chi connectivity index (χ0n) is 13.5. The lowest BCUT2D eigenvalue weighted by molar-refractivity contribution is -0.123. The average molecular weight is 290 g/mol. The summed E-state index contributed by atoms with van der Waals surface area (Å²) in [7, 11) is 3.54. The van der Waals surface area contributed by atoms with Gasteiger partial charge in [-0.05, 0) is 56.1 Å². The third-order valence-corrected chi connectivity index (χ3v) is 6.04. The van der Waals surface area contributed by atoms with Gasteiger partial charge in [0.2, 0.25) is 0 Å². The molecule has 0 aliphatic heterocycles. The number of methoxy groups -OCH3 is 2. The third-order valence-electron chi connectivity index (χ3n) is 6.04. The summed E-state index contributed by atoms with van der Waals surface area (Å²) in [5.74, 6) is 1.77. The lowest BCUT2D eigenvalue weighted by Gasteiger charge is -2.54. The molecule has 1 saturated carbocycles. The molecule has 2 aliphatic rings. The first kappa shape index (κ1) is 14.7. The SMILES string of the molecule is COc1ccc(O)c2c1C[C@H]1[C@](C)(CCC[C@]1(C)OC)C2. The molecule has 0 heterocycles. The summed E-state index contributed by atoms with van der Waals surface area (Å²) >= 11 is 0. The fourth-order valence-electron chi connectivity index (χ4n) is 4.73. The van der Waals surface area contributed by atoms with Crippen LogP contribution in [0.1, 0.15) is 44.2 Å². The highest BCUT2D eigenvalue weighted by molar-refractivity contribution is 5.50. The number of ether oxygens (including phenoxy) is 2. The van der Waals surface area contributed by atoms with Crippen molar-refractivity contribution in [3.05, 3.63) is 23.3 Å². The van der Waals surface area contributed by atoms with Gasteiger partial charge in [-0.25, -0.2) is 0 Å². The largest absolute Gasteiger partial charge is 0.508 e. The Bertz CT molecular complexity index is 554. The second-order valence-corrected chi connectivity index (χ2v) is 7.20. The Morgan fingerprint density at radius 1 is 1.14 bits per heavy atom. The van der Waals surface area contributed by atoms with E-state index in [1.807, 2.05) is 13.2 Å². The summed E-state index contributed by atoms with van der Waals surface area (Å²) < 4.78 is 11.5. The number of benzene rings is 1. The van der Waals surface area contributed by atoms with Crippen LogP contribution < -0.4 is 4.74 Å². The highest BCUT2D eigenvalue weighted by Crippen LogP contribution is 2.56. The summed E-state index contributed by atoms with van der Waals surface area (Å²) in [6, 6.07) is 3.64. The van der Waals surface area contributed by atoms with Crippen LogP contribution in [0.25, 0.3) is 0 Å². The van der Waals surface area contributed by atoms with E-state index in [2.05, 4.69) is 13.8 Å². The van der Waals surface area contributed by atoms with Crippen molar-refractivity contribution < 1.29 is 14.6 Å². The van der Waals surface area contributed by atoms with Crippen molar-refractivity contribution in [2.24, 2.45) is 11.3 Å². The topological polar surface area (TPSA) is 38.7 Å². The van der Waals surface area contributed by atoms with Crippen LogP contribution in [0.5, 0.6) is 11.5 Å². The van der Waals surface area contributed by atoms with Crippen molar-refractivity contribution in [2.75, 3.05) is 14.2 Å². The zero-order valence-corrected chi connectivity index (χ0v) is 13.5. The van der Waals surface area contributed by atoms with Gasteiger partial charge in [0.15, 0.2) is 0 Å². The summed E-state index contributed by atoms with van der Waals surface area (Å²) in [6.45, 7) is 4.60.